The van der Waals surface area contributed by atoms with Crippen molar-refractivity contribution in [2.75, 3.05) is 26.2 Å². The van der Waals surface area contributed by atoms with E-state index in [1.165, 1.54) is 0 Å². The van der Waals surface area contributed by atoms with Gasteiger partial charge < -0.3 is 16.0 Å². The first-order chi connectivity index (χ1) is 5.34. The molecule has 3 N–H and O–H groups in total. The number of carbonyl (C=O) groups is 1. The number of hydrogen-bond acceptors (Lipinski definition) is 3. The number of rotatable bonds is 2. The van der Waals surface area contributed by atoms with Gasteiger partial charge in [0.15, 0.2) is 0 Å². The van der Waals surface area contributed by atoms with Gasteiger partial charge in [-0.05, 0) is 6.92 Å². The lowest BCUT2D eigenvalue weighted by atomic mass is 10.2. The third-order valence-electron chi connectivity index (χ3n) is 1.71. The number of nitrogens with one attached hydrogen (secondary N) is 3. The lowest BCUT2D eigenvalue weighted by Gasteiger charge is -2.23. The Hall–Kier alpha value is -0.610. The van der Waals surface area contributed by atoms with Crippen molar-refractivity contribution < 1.29 is 4.79 Å². The van der Waals surface area contributed by atoms with E-state index in [0.29, 0.717) is 6.54 Å². The number of hydrogen-bond donors (Lipinski definition) is 3. The zero-order chi connectivity index (χ0) is 8.10. The number of piperazine rings is 1. The van der Waals surface area contributed by atoms with Crippen LogP contribution in [0.25, 0.3) is 0 Å². The number of likely N-dealkylation sites (N-methyl/N-ethyl adjacent to an activating group) is 1. The molecule has 0 aromatic rings. The Morgan fingerprint density at radius 2 is 2.45 bits per heavy atom. The van der Waals surface area contributed by atoms with Gasteiger partial charge in [0.25, 0.3) is 0 Å². The fourth-order valence-electron chi connectivity index (χ4n) is 1.14. The van der Waals surface area contributed by atoms with Crippen LogP contribution in [0.3, 0.4) is 0 Å². The summed E-state index contributed by atoms with van der Waals surface area (Å²) in [5.41, 5.74) is 0. The molecule has 1 aliphatic rings. The predicted molar refractivity (Wildman–Crippen MR) is 43.3 cm³/mol. The largest absolute Gasteiger partial charge is 0.355 e. The van der Waals surface area contributed by atoms with E-state index in [1.54, 1.807) is 0 Å². The lowest BCUT2D eigenvalue weighted by Crippen LogP contribution is -2.55. The molecule has 0 aromatic carbocycles. The number of carbonyl (C=O) groups excluding carboxylic acids is 1. The molecule has 1 atom stereocenters. The van der Waals surface area contributed by atoms with Gasteiger partial charge in [-0.1, -0.05) is 0 Å². The third kappa shape index (κ3) is 2.48. The molecule has 0 unspecified atom stereocenters. The average molecular weight is 157 g/mol. The van der Waals surface area contributed by atoms with Gasteiger partial charge in [0.1, 0.15) is 0 Å². The fourth-order valence-corrected chi connectivity index (χ4v) is 1.14. The Balaban J connectivity index is 2.27. The van der Waals surface area contributed by atoms with Crippen LogP contribution in [0.15, 0.2) is 0 Å². The molecular weight excluding hydrogens is 142 g/mol. The van der Waals surface area contributed by atoms with Crippen LogP contribution in [0, 0.1) is 0 Å². The van der Waals surface area contributed by atoms with Crippen LogP contribution in [0.2, 0.25) is 0 Å². The Bertz CT molecular complexity index is 132. The molecule has 1 amide bonds. The van der Waals surface area contributed by atoms with Crippen LogP contribution >= 0.6 is 0 Å². The Morgan fingerprint density at radius 1 is 1.64 bits per heavy atom. The normalized spacial score (nSPS) is 24.6. The molecule has 0 aromatic heterocycles. The van der Waals surface area contributed by atoms with E-state index < -0.39 is 0 Å². The first-order valence-corrected chi connectivity index (χ1v) is 4.06. The van der Waals surface area contributed by atoms with E-state index in [-0.39, 0.29) is 11.9 Å². The van der Waals surface area contributed by atoms with E-state index >= 15 is 0 Å². The van der Waals surface area contributed by atoms with Crippen molar-refractivity contribution in [3.63, 3.8) is 0 Å². The van der Waals surface area contributed by atoms with Crippen LogP contribution in [-0.2, 0) is 4.79 Å². The van der Waals surface area contributed by atoms with E-state index in [4.69, 9.17) is 0 Å². The summed E-state index contributed by atoms with van der Waals surface area (Å²) in [6.07, 6.45) is 0. The summed E-state index contributed by atoms with van der Waals surface area (Å²) in [6.45, 7) is 5.20. The minimum absolute atomic E-state index is 0.0382. The van der Waals surface area contributed by atoms with Gasteiger partial charge in [-0.15, -0.1) is 0 Å². The summed E-state index contributed by atoms with van der Waals surface area (Å²) < 4.78 is 0. The van der Waals surface area contributed by atoms with Crippen molar-refractivity contribution in [3.8, 4) is 0 Å². The van der Waals surface area contributed by atoms with Crippen LogP contribution in [-0.4, -0.2) is 38.1 Å². The molecule has 1 rings (SSSR count). The second-order valence-electron chi connectivity index (χ2n) is 2.61. The molecule has 0 aliphatic carbocycles. The van der Waals surface area contributed by atoms with Crippen LogP contribution in [0.4, 0.5) is 0 Å². The molecule has 1 aliphatic heterocycles. The highest BCUT2D eigenvalue weighted by Crippen LogP contribution is 1.86. The zero-order valence-electron chi connectivity index (χ0n) is 6.81. The summed E-state index contributed by atoms with van der Waals surface area (Å²) in [5.74, 6) is 0.0969. The number of amides is 1. The molecule has 4 heteroatoms. The molecule has 0 spiro atoms. The van der Waals surface area contributed by atoms with Gasteiger partial charge in [-0.2, -0.15) is 0 Å². The van der Waals surface area contributed by atoms with E-state index in [0.717, 1.165) is 19.6 Å². The summed E-state index contributed by atoms with van der Waals surface area (Å²) in [5, 5.41) is 9.05. The van der Waals surface area contributed by atoms with Gasteiger partial charge in [-0.3, -0.25) is 4.79 Å². The Labute approximate surface area is 66.7 Å². The zero-order valence-corrected chi connectivity index (χ0v) is 6.81. The second-order valence-corrected chi connectivity index (χ2v) is 2.61. The molecule has 0 radical (unpaired) electrons. The quantitative estimate of drug-likeness (QED) is 0.466. The minimum Gasteiger partial charge on any atom is -0.355 e. The van der Waals surface area contributed by atoms with Crippen molar-refractivity contribution in [1.82, 2.24) is 16.0 Å². The predicted octanol–water partition coefficient (Wildman–Crippen LogP) is -1.32. The van der Waals surface area contributed by atoms with Crippen LogP contribution in [0.5, 0.6) is 0 Å². The molecular formula is C7H15N3O. The maximum Gasteiger partial charge on any atom is 0.238 e. The van der Waals surface area contributed by atoms with Gasteiger partial charge in [0.2, 0.25) is 5.91 Å². The highest BCUT2D eigenvalue weighted by Gasteiger charge is 2.18. The molecule has 1 fully saturated rings. The molecule has 4 nitrogen and oxygen atoms in total. The van der Waals surface area contributed by atoms with Gasteiger partial charge in [0.05, 0.1) is 6.04 Å². The molecule has 1 heterocycles. The van der Waals surface area contributed by atoms with Crippen molar-refractivity contribution in [1.29, 1.82) is 0 Å². The summed E-state index contributed by atoms with van der Waals surface area (Å²) in [6, 6.07) is -0.0382. The third-order valence-corrected chi connectivity index (χ3v) is 1.71. The Morgan fingerprint density at radius 3 is 3.00 bits per heavy atom. The first-order valence-electron chi connectivity index (χ1n) is 4.06. The van der Waals surface area contributed by atoms with E-state index in [2.05, 4.69) is 16.0 Å². The molecule has 0 bridgehead atoms. The fraction of sp³-hybridized carbons (Fsp3) is 0.857. The van der Waals surface area contributed by atoms with Gasteiger partial charge in [-0.25, -0.2) is 0 Å². The molecule has 1 saturated heterocycles. The molecule has 11 heavy (non-hydrogen) atoms. The average Bonchev–Trinajstić information content (AvgIpc) is 2.07. The van der Waals surface area contributed by atoms with Crippen LogP contribution in [0.1, 0.15) is 6.92 Å². The second kappa shape index (κ2) is 4.31. The van der Waals surface area contributed by atoms with Crippen molar-refractivity contribution in [2.45, 2.75) is 13.0 Å². The first kappa shape index (κ1) is 8.49. The maximum atomic E-state index is 11.2. The molecule has 0 saturated carbocycles. The van der Waals surface area contributed by atoms with E-state index in [9.17, 15) is 4.79 Å². The summed E-state index contributed by atoms with van der Waals surface area (Å²) in [4.78, 5) is 11.2. The Kier molecular flexibility index (Phi) is 3.32. The van der Waals surface area contributed by atoms with Crippen molar-refractivity contribution in [2.24, 2.45) is 0 Å². The van der Waals surface area contributed by atoms with Gasteiger partial charge >= 0.3 is 0 Å². The SMILES string of the molecule is CCNC(=O)[C@@H]1CNCCN1. The van der Waals surface area contributed by atoms with Crippen LogP contribution < -0.4 is 16.0 Å². The minimum atomic E-state index is -0.0382. The van der Waals surface area contributed by atoms with Crippen molar-refractivity contribution in [3.05, 3.63) is 0 Å². The van der Waals surface area contributed by atoms with Gasteiger partial charge in [0, 0.05) is 26.2 Å². The highest BCUT2D eigenvalue weighted by atomic mass is 16.2. The lowest BCUT2D eigenvalue weighted by molar-refractivity contribution is -0.123. The smallest absolute Gasteiger partial charge is 0.238 e. The summed E-state index contributed by atoms with van der Waals surface area (Å²) >= 11 is 0. The monoisotopic (exact) mass is 157 g/mol. The maximum absolute atomic E-state index is 11.2. The molecule has 64 valence electrons. The highest BCUT2D eigenvalue weighted by molar-refractivity contribution is 5.82. The topological polar surface area (TPSA) is 53.2 Å². The standard InChI is InChI=1S/C7H15N3O/c1-2-9-7(11)6-5-8-3-4-10-6/h6,8,10H,2-5H2,1H3,(H,9,11)/t6-/m0/s1. The van der Waals surface area contributed by atoms with E-state index in [1.807, 2.05) is 6.92 Å². The summed E-state index contributed by atoms with van der Waals surface area (Å²) in [7, 11) is 0. The van der Waals surface area contributed by atoms with Crippen molar-refractivity contribution >= 4 is 5.91 Å².